The molecule has 0 atom stereocenters. The van der Waals surface area contributed by atoms with Gasteiger partial charge in [0.25, 0.3) is 0 Å². The number of para-hydroxylation sites is 1. The van der Waals surface area contributed by atoms with E-state index in [-0.39, 0.29) is 5.60 Å². The summed E-state index contributed by atoms with van der Waals surface area (Å²) in [5, 5.41) is 3.34. The van der Waals surface area contributed by atoms with Gasteiger partial charge in [0.1, 0.15) is 5.75 Å². The molecule has 0 amide bonds. The van der Waals surface area contributed by atoms with Gasteiger partial charge in [-0.05, 0) is 26.8 Å². The molecule has 1 rings (SSSR count). The van der Waals surface area contributed by atoms with Gasteiger partial charge in [-0.3, -0.25) is 0 Å². The molecule has 96 valence electrons. The van der Waals surface area contributed by atoms with E-state index in [0.717, 1.165) is 25.4 Å². The number of ether oxygens (including phenoxy) is 2. The van der Waals surface area contributed by atoms with Gasteiger partial charge in [-0.25, -0.2) is 0 Å². The molecule has 0 aliphatic heterocycles. The van der Waals surface area contributed by atoms with Crippen LogP contribution >= 0.6 is 0 Å². The van der Waals surface area contributed by atoms with Crippen molar-refractivity contribution in [1.29, 1.82) is 0 Å². The van der Waals surface area contributed by atoms with E-state index in [1.165, 1.54) is 5.56 Å². The molecule has 0 bridgehead atoms. The first-order valence-corrected chi connectivity index (χ1v) is 5.99. The lowest BCUT2D eigenvalue weighted by Gasteiger charge is -2.19. The van der Waals surface area contributed by atoms with Crippen molar-refractivity contribution >= 4 is 0 Å². The highest BCUT2D eigenvalue weighted by atomic mass is 16.5. The van der Waals surface area contributed by atoms with Crippen molar-refractivity contribution < 1.29 is 9.47 Å². The van der Waals surface area contributed by atoms with Gasteiger partial charge in [0.05, 0.1) is 19.3 Å². The molecule has 0 fully saturated rings. The van der Waals surface area contributed by atoms with Crippen LogP contribution in [0.4, 0.5) is 0 Å². The molecule has 0 radical (unpaired) electrons. The molecule has 0 saturated heterocycles. The summed E-state index contributed by atoms with van der Waals surface area (Å²) in [5.41, 5.74) is 1.11. The van der Waals surface area contributed by atoms with Crippen LogP contribution in [0.15, 0.2) is 24.3 Å². The van der Waals surface area contributed by atoms with E-state index in [4.69, 9.17) is 9.47 Å². The van der Waals surface area contributed by atoms with Gasteiger partial charge in [-0.1, -0.05) is 18.2 Å². The van der Waals surface area contributed by atoms with Crippen molar-refractivity contribution in [2.45, 2.75) is 32.9 Å². The van der Waals surface area contributed by atoms with Crippen LogP contribution in [0.5, 0.6) is 5.75 Å². The molecular weight excluding hydrogens is 214 g/mol. The molecule has 3 heteroatoms. The fraction of sp³-hybridized carbons (Fsp3) is 0.571. The van der Waals surface area contributed by atoms with Gasteiger partial charge in [-0.2, -0.15) is 0 Å². The van der Waals surface area contributed by atoms with Gasteiger partial charge in [-0.15, -0.1) is 0 Å². The minimum absolute atomic E-state index is 0.0634. The van der Waals surface area contributed by atoms with Crippen LogP contribution in [0, 0.1) is 0 Å². The van der Waals surface area contributed by atoms with Crippen LogP contribution in [-0.2, 0) is 11.3 Å². The van der Waals surface area contributed by atoms with Gasteiger partial charge in [0, 0.05) is 18.7 Å². The molecule has 0 spiro atoms. The van der Waals surface area contributed by atoms with E-state index in [0.29, 0.717) is 0 Å². The Labute approximate surface area is 104 Å². The molecule has 0 heterocycles. The summed E-state index contributed by atoms with van der Waals surface area (Å²) in [5.74, 6) is 0.928. The summed E-state index contributed by atoms with van der Waals surface area (Å²) in [6.45, 7) is 8.55. The molecule has 0 unspecified atom stereocenters. The molecule has 0 aliphatic carbocycles. The standard InChI is InChI=1S/C14H23NO2/c1-14(2,3)17-10-9-15-11-12-7-5-6-8-13(12)16-4/h5-8,15H,9-11H2,1-4H3. The molecule has 0 aliphatic rings. The summed E-state index contributed by atoms with van der Waals surface area (Å²) < 4.78 is 10.9. The second-order valence-electron chi connectivity index (χ2n) is 4.95. The van der Waals surface area contributed by atoms with Crippen LogP contribution < -0.4 is 10.1 Å². The van der Waals surface area contributed by atoms with E-state index in [9.17, 15) is 0 Å². The maximum atomic E-state index is 5.63. The fourth-order valence-corrected chi connectivity index (χ4v) is 1.50. The van der Waals surface area contributed by atoms with Crippen molar-refractivity contribution in [3.63, 3.8) is 0 Å². The lowest BCUT2D eigenvalue weighted by atomic mass is 10.2. The average molecular weight is 237 g/mol. The number of benzene rings is 1. The van der Waals surface area contributed by atoms with Gasteiger partial charge >= 0.3 is 0 Å². The molecule has 1 N–H and O–H groups in total. The van der Waals surface area contributed by atoms with Crippen LogP contribution in [0.2, 0.25) is 0 Å². The highest BCUT2D eigenvalue weighted by Gasteiger charge is 2.08. The first-order chi connectivity index (χ1) is 8.03. The molecule has 0 saturated carbocycles. The van der Waals surface area contributed by atoms with Crippen molar-refractivity contribution in [3.8, 4) is 5.75 Å². The number of nitrogens with one attached hydrogen (secondary N) is 1. The number of hydrogen-bond acceptors (Lipinski definition) is 3. The normalized spacial score (nSPS) is 11.5. The highest BCUT2D eigenvalue weighted by Crippen LogP contribution is 2.16. The zero-order valence-electron chi connectivity index (χ0n) is 11.2. The molecule has 3 nitrogen and oxygen atoms in total. The van der Waals surface area contributed by atoms with Crippen LogP contribution in [-0.4, -0.2) is 25.9 Å². The topological polar surface area (TPSA) is 30.5 Å². The highest BCUT2D eigenvalue weighted by molar-refractivity contribution is 5.32. The van der Waals surface area contributed by atoms with E-state index >= 15 is 0 Å². The molecule has 0 aromatic heterocycles. The van der Waals surface area contributed by atoms with Gasteiger partial charge < -0.3 is 14.8 Å². The minimum atomic E-state index is -0.0634. The summed E-state index contributed by atoms with van der Waals surface area (Å²) in [4.78, 5) is 0. The van der Waals surface area contributed by atoms with Crippen LogP contribution in [0.3, 0.4) is 0 Å². The van der Waals surface area contributed by atoms with Crippen molar-refractivity contribution in [2.24, 2.45) is 0 Å². The third kappa shape index (κ3) is 5.71. The monoisotopic (exact) mass is 237 g/mol. The van der Waals surface area contributed by atoms with Crippen molar-refractivity contribution in [3.05, 3.63) is 29.8 Å². The fourth-order valence-electron chi connectivity index (χ4n) is 1.50. The Bertz CT molecular complexity index is 331. The van der Waals surface area contributed by atoms with Gasteiger partial charge in [0.15, 0.2) is 0 Å². The maximum absolute atomic E-state index is 5.63. The maximum Gasteiger partial charge on any atom is 0.123 e. The Balaban J connectivity index is 2.27. The van der Waals surface area contributed by atoms with E-state index in [1.54, 1.807) is 7.11 Å². The third-order valence-electron chi connectivity index (χ3n) is 2.32. The summed E-state index contributed by atoms with van der Waals surface area (Å²) in [6.07, 6.45) is 0. The Morgan fingerprint density at radius 3 is 2.53 bits per heavy atom. The Morgan fingerprint density at radius 2 is 1.88 bits per heavy atom. The third-order valence-corrected chi connectivity index (χ3v) is 2.32. The lowest BCUT2D eigenvalue weighted by Crippen LogP contribution is -2.26. The smallest absolute Gasteiger partial charge is 0.123 e. The summed E-state index contributed by atoms with van der Waals surface area (Å²) >= 11 is 0. The zero-order chi connectivity index (χ0) is 12.7. The Hall–Kier alpha value is -1.06. The Kier molecular flexibility index (Phi) is 5.45. The van der Waals surface area contributed by atoms with E-state index < -0.39 is 0 Å². The summed E-state index contributed by atoms with van der Waals surface area (Å²) in [7, 11) is 1.70. The zero-order valence-corrected chi connectivity index (χ0v) is 11.2. The number of hydrogen-bond donors (Lipinski definition) is 1. The second-order valence-corrected chi connectivity index (χ2v) is 4.95. The van der Waals surface area contributed by atoms with E-state index in [1.807, 2.05) is 18.2 Å². The predicted molar refractivity (Wildman–Crippen MR) is 70.4 cm³/mol. The van der Waals surface area contributed by atoms with Crippen LogP contribution in [0.1, 0.15) is 26.3 Å². The minimum Gasteiger partial charge on any atom is -0.496 e. The Morgan fingerprint density at radius 1 is 1.18 bits per heavy atom. The predicted octanol–water partition coefficient (Wildman–Crippen LogP) is 2.60. The largest absolute Gasteiger partial charge is 0.496 e. The first kappa shape index (κ1) is 14.0. The average Bonchev–Trinajstić information content (AvgIpc) is 2.27. The number of rotatable bonds is 6. The molecule has 17 heavy (non-hydrogen) atoms. The SMILES string of the molecule is COc1ccccc1CNCCOC(C)(C)C. The first-order valence-electron chi connectivity index (χ1n) is 5.99. The van der Waals surface area contributed by atoms with E-state index in [2.05, 4.69) is 32.2 Å². The van der Waals surface area contributed by atoms with Crippen molar-refractivity contribution in [2.75, 3.05) is 20.3 Å². The second kappa shape index (κ2) is 6.62. The molecule has 1 aromatic rings. The molecule has 1 aromatic carbocycles. The summed E-state index contributed by atoms with van der Waals surface area (Å²) in [6, 6.07) is 8.04. The van der Waals surface area contributed by atoms with Gasteiger partial charge in [0.2, 0.25) is 0 Å². The van der Waals surface area contributed by atoms with Crippen molar-refractivity contribution in [1.82, 2.24) is 5.32 Å². The lowest BCUT2D eigenvalue weighted by molar-refractivity contribution is -0.000899. The quantitative estimate of drug-likeness (QED) is 0.771. The van der Waals surface area contributed by atoms with Crippen LogP contribution in [0.25, 0.3) is 0 Å². The molecular formula is C14H23NO2. The number of methoxy groups -OCH3 is 1.